The van der Waals surface area contributed by atoms with Crippen molar-refractivity contribution in [3.63, 3.8) is 0 Å². The highest BCUT2D eigenvalue weighted by Crippen LogP contribution is 2.27. The normalized spacial score (nSPS) is 16.9. The first-order chi connectivity index (χ1) is 14.3. The highest BCUT2D eigenvalue weighted by Gasteiger charge is 2.25. The van der Waals surface area contributed by atoms with Gasteiger partial charge in [0.25, 0.3) is 5.91 Å². The first-order valence-corrected chi connectivity index (χ1v) is 11.4. The van der Waals surface area contributed by atoms with E-state index in [1.54, 1.807) is 6.92 Å². The van der Waals surface area contributed by atoms with Crippen molar-refractivity contribution < 1.29 is 14.3 Å². The highest BCUT2D eigenvalue weighted by molar-refractivity contribution is 7.12. The predicted molar refractivity (Wildman–Crippen MR) is 123 cm³/mol. The monoisotopic (exact) mass is 449 g/mol. The molecular weight excluding hydrogens is 422 g/mol. The van der Waals surface area contributed by atoms with Gasteiger partial charge in [-0.1, -0.05) is 6.07 Å². The fourth-order valence-electron chi connectivity index (χ4n) is 3.48. The Kier molecular flexibility index (Phi) is 7.75. The maximum absolute atomic E-state index is 13.2. The van der Waals surface area contributed by atoms with Gasteiger partial charge >= 0.3 is 0 Å². The van der Waals surface area contributed by atoms with Gasteiger partial charge < -0.3 is 19.9 Å². The summed E-state index contributed by atoms with van der Waals surface area (Å²) < 4.78 is 5.80. The lowest BCUT2D eigenvalue weighted by Crippen LogP contribution is -2.37. The van der Waals surface area contributed by atoms with Crippen LogP contribution in [0, 0.1) is 0 Å². The van der Waals surface area contributed by atoms with Gasteiger partial charge in [-0.2, -0.15) is 0 Å². The summed E-state index contributed by atoms with van der Waals surface area (Å²) in [6, 6.07) is 9.44. The zero-order valence-corrected chi connectivity index (χ0v) is 19.1. The van der Waals surface area contributed by atoms with Crippen molar-refractivity contribution in [2.45, 2.75) is 37.8 Å². The highest BCUT2D eigenvalue weighted by atomic mass is 35.5. The van der Waals surface area contributed by atoms with Crippen LogP contribution in [0.25, 0.3) is 0 Å². The third-order valence-electron chi connectivity index (χ3n) is 5.02. The first kappa shape index (κ1) is 22.6. The number of ether oxygens (including phenoxy) is 1. The Balaban J connectivity index is 1.88. The summed E-state index contributed by atoms with van der Waals surface area (Å²) in [6.07, 6.45) is 2.03. The number of hydrogen-bond acceptors (Lipinski definition) is 5. The molecule has 0 unspecified atom stereocenters. The molecule has 2 amide bonds. The van der Waals surface area contributed by atoms with E-state index in [0.717, 1.165) is 30.7 Å². The Labute approximate surface area is 186 Å². The lowest BCUT2D eigenvalue weighted by atomic mass is 10.1. The SMILES string of the molecule is C[C@@H](Cl)C(=O)Nc1ccc(N(C)C)c(CN(C[C@H]2CCCO2)C(=O)c2cccs2)c1. The molecule has 8 heteroatoms. The van der Waals surface area contributed by atoms with Crippen LogP contribution >= 0.6 is 22.9 Å². The van der Waals surface area contributed by atoms with E-state index in [1.165, 1.54) is 11.3 Å². The third kappa shape index (κ3) is 5.74. The minimum atomic E-state index is -0.626. The van der Waals surface area contributed by atoms with Crippen LogP contribution in [0.5, 0.6) is 0 Å². The summed E-state index contributed by atoms with van der Waals surface area (Å²) >= 11 is 7.33. The Morgan fingerprint density at radius 3 is 2.73 bits per heavy atom. The van der Waals surface area contributed by atoms with Gasteiger partial charge in [0.2, 0.25) is 5.91 Å². The van der Waals surface area contributed by atoms with E-state index < -0.39 is 5.38 Å². The summed E-state index contributed by atoms with van der Waals surface area (Å²) in [5, 5.41) is 4.12. The van der Waals surface area contributed by atoms with Crippen molar-refractivity contribution in [2.75, 3.05) is 37.5 Å². The molecule has 0 bridgehead atoms. The van der Waals surface area contributed by atoms with Gasteiger partial charge in [0.15, 0.2) is 0 Å². The van der Waals surface area contributed by atoms with Crippen molar-refractivity contribution >= 4 is 46.1 Å². The van der Waals surface area contributed by atoms with E-state index >= 15 is 0 Å². The lowest BCUT2D eigenvalue weighted by Gasteiger charge is -2.28. The molecular formula is C22H28ClN3O3S. The van der Waals surface area contributed by atoms with Crippen LogP contribution in [-0.2, 0) is 16.1 Å². The van der Waals surface area contributed by atoms with Crippen LogP contribution in [0.15, 0.2) is 35.7 Å². The van der Waals surface area contributed by atoms with Crippen molar-refractivity contribution in [3.05, 3.63) is 46.2 Å². The van der Waals surface area contributed by atoms with Gasteiger partial charge in [0, 0.05) is 45.2 Å². The number of carbonyl (C=O) groups excluding carboxylic acids is 2. The number of nitrogens with zero attached hydrogens (tertiary/aromatic N) is 2. The standard InChI is InChI=1S/C22H28ClN3O3S/c1-15(23)21(27)24-17-8-9-19(25(2)3)16(12-17)13-26(14-18-6-4-10-29-18)22(28)20-7-5-11-30-20/h5,7-9,11-12,15,18H,4,6,10,13-14H2,1-3H3,(H,24,27)/t15-,18-/m1/s1. The minimum Gasteiger partial charge on any atom is -0.377 e. The quantitative estimate of drug-likeness (QED) is 0.613. The summed E-state index contributed by atoms with van der Waals surface area (Å²) in [6.45, 7) is 3.34. The van der Waals surface area contributed by atoms with Crippen LogP contribution in [0.2, 0.25) is 0 Å². The van der Waals surface area contributed by atoms with Gasteiger partial charge in [-0.25, -0.2) is 0 Å². The van der Waals surface area contributed by atoms with Crippen molar-refractivity contribution in [1.82, 2.24) is 4.90 Å². The lowest BCUT2D eigenvalue weighted by molar-refractivity contribution is -0.115. The second-order valence-electron chi connectivity index (χ2n) is 7.64. The maximum Gasteiger partial charge on any atom is 0.264 e. The summed E-state index contributed by atoms with van der Waals surface area (Å²) in [7, 11) is 3.92. The number of amides is 2. The first-order valence-electron chi connectivity index (χ1n) is 10.0. The average Bonchev–Trinajstić information content (AvgIpc) is 3.41. The molecule has 2 aromatic rings. The Hall–Kier alpha value is -2.09. The summed E-state index contributed by atoms with van der Waals surface area (Å²) in [5.74, 6) is -0.264. The molecule has 0 spiro atoms. The molecule has 1 N–H and O–H groups in total. The second-order valence-corrected chi connectivity index (χ2v) is 9.24. The van der Waals surface area contributed by atoms with E-state index in [0.29, 0.717) is 23.7 Å². The van der Waals surface area contributed by atoms with Gasteiger partial charge in [0.1, 0.15) is 5.38 Å². The van der Waals surface area contributed by atoms with E-state index in [1.807, 2.05) is 59.6 Å². The number of alkyl halides is 1. The van der Waals surface area contributed by atoms with Gasteiger partial charge in [-0.05, 0) is 55.0 Å². The number of hydrogen-bond donors (Lipinski definition) is 1. The number of nitrogens with one attached hydrogen (secondary N) is 1. The molecule has 1 aromatic carbocycles. The zero-order valence-electron chi connectivity index (χ0n) is 17.6. The molecule has 0 radical (unpaired) electrons. The molecule has 6 nitrogen and oxygen atoms in total. The van der Waals surface area contributed by atoms with E-state index in [-0.39, 0.29) is 17.9 Å². The van der Waals surface area contributed by atoms with Crippen molar-refractivity contribution in [2.24, 2.45) is 0 Å². The number of benzene rings is 1. The fourth-order valence-corrected chi connectivity index (χ4v) is 4.23. The zero-order chi connectivity index (χ0) is 21.7. The molecule has 162 valence electrons. The van der Waals surface area contributed by atoms with Crippen LogP contribution in [-0.4, -0.2) is 55.4 Å². The number of carbonyl (C=O) groups is 2. The molecule has 3 rings (SSSR count). The maximum atomic E-state index is 13.2. The van der Waals surface area contributed by atoms with Crippen LogP contribution in [0.1, 0.15) is 35.0 Å². The molecule has 0 saturated carbocycles. The second kappa shape index (κ2) is 10.3. The van der Waals surface area contributed by atoms with Crippen LogP contribution < -0.4 is 10.2 Å². The molecule has 1 aliphatic heterocycles. The molecule has 1 saturated heterocycles. The summed E-state index contributed by atoms with van der Waals surface area (Å²) in [5.41, 5.74) is 2.60. The van der Waals surface area contributed by atoms with Crippen molar-refractivity contribution in [1.29, 1.82) is 0 Å². The van der Waals surface area contributed by atoms with E-state index in [4.69, 9.17) is 16.3 Å². The topological polar surface area (TPSA) is 61.9 Å². The molecule has 30 heavy (non-hydrogen) atoms. The Morgan fingerprint density at radius 1 is 1.33 bits per heavy atom. The van der Waals surface area contributed by atoms with Crippen LogP contribution in [0.3, 0.4) is 0 Å². The molecule has 1 fully saturated rings. The van der Waals surface area contributed by atoms with Crippen molar-refractivity contribution in [3.8, 4) is 0 Å². The molecule has 2 atom stereocenters. The molecule has 0 aliphatic carbocycles. The number of rotatable bonds is 8. The largest absolute Gasteiger partial charge is 0.377 e. The number of thiophene rings is 1. The smallest absolute Gasteiger partial charge is 0.264 e. The molecule has 2 heterocycles. The molecule has 1 aromatic heterocycles. The number of halogens is 1. The third-order valence-corrected chi connectivity index (χ3v) is 6.07. The van der Waals surface area contributed by atoms with Gasteiger partial charge in [-0.3, -0.25) is 9.59 Å². The van der Waals surface area contributed by atoms with E-state index in [2.05, 4.69) is 5.32 Å². The fraction of sp³-hybridized carbons (Fsp3) is 0.455. The van der Waals surface area contributed by atoms with E-state index in [9.17, 15) is 9.59 Å². The van der Waals surface area contributed by atoms with Gasteiger partial charge in [0.05, 0.1) is 11.0 Å². The predicted octanol–water partition coefficient (Wildman–Crippen LogP) is 4.20. The average molecular weight is 450 g/mol. The Morgan fingerprint density at radius 2 is 2.13 bits per heavy atom. The molecule has 1 aliphatic rings. The number of anilines is 2. The van der Waals surface area contributed by atoms with Gasteiger partial charge in [-0.15, -0.1) is 22.9 Å². The Bertz CT molecular complexity index is 865. The minimum absolute atomic E-state index is 0.00553. The summed E-state index contributed by atoms with van der Waals surface area (Å²) in [4.78, 5) is 29.8. The van der Waals surface area contributed by atoms with Crippen LogP contribution in [0.4, 0.5) is 11.4 Å².